The van der Waals surface area contributed by atoms with E-state index in [9.17, 15) is 14.7 Å². The topological polar surface area (TPSA) is 76.1 Å². The summed E-state index contributed by atoms with van der Waals surface area (Å²) in [6.07, 6.45) is -0.593. The van der Waals surface area contributed by atoms with Gasteiger partial charge in [0.1, 0.15) is 17.4 Å². The van der Waals surface area contributed by atoms with Crippen LogP contribution in [-0.2, 0) is 9.53 Å². The molecule has 0 bridgehead atoms. The van der Waals surface area contributed by atoms with Gasteiger partial charge in [0, 0.05) is 12.5 Å². The Kier molecular flexibility index (Phi) is 4.30. The van der Waals surface area contributed by atoms with Crippen LogP contribution in [0.4, 0.5) is 4.79 Å². The highest BCUT2D eigenvalue weighted by Crippen LogP contribution is 2.36. The highest BCUT2D eigenvalue weighted by molar-refractivity contribution is 5.84. The summed E-state index contributed by atoms with van der Waals surface area (Å²) in [7, 11) is 1.57. The van der Waals surface area contributed by atoms with Crippen LogP contribution >= 0.6 is 0 Å². The van der Waals surface area contributed by atoms with Crippen LogP contribution in [0.5, 0.6) is 5.75 Å². The smallest absolute Gasteiger partial charge is 0.411 e. The zero-order valence-corrected chi connectivity index (χ0v) is 13.2. The first-order valence-electron chi connectivity index (χ1n) is 7.09. The lowest BCUT2D eigenvalue weighted by atomic mass is 9.83. The lowest BCUT2D eigenvalue weighted by molar-refractivity contribution is -0.149. The predicted molar refractivity (Wildman–Crippen MR) is 80.1 cm³/mol. The van der Waals surface area contributed by atoms with Crippen molar-refractivity contribution in [3.63, 3.8) is 0 Å². The van der Waals surface area contributed by atoms with Gasteiger partial charge in [-0.15, -0.1) is 0 Å². The van der Waals surface area contributed by atoms with E-state index in [2.05, 4.69) is 0 Å². The summed E-state index contributed by atoms with van der Waals surface area (Å²) in [5.41, 5.74) is 0.221. The number of amides is 1. The van der Waals surface area contributed by atoms with Gasteiger partial charge in [0.05, 0.1) is 7.11 Å². The van der Waals surface area contributed by atoms with Crippen molar-refractivity contribution in [2.24, 2.45) is 0 Å². The number of hydrogen-bond acceptors (Lipinski definition) is 4. The average molecular weight is 307 g/mol. The molecule has 1 fully saturated rings. The van der Waals surface area contributed by atoms with Crippen molar-refractivity contribution >= 4 is 12.1 Å². The molecular weight excluding hydrogens is 286 g/mol. The van der Waals surface area contributed by atoms with Gasteiger partial charge < -0.3 is 14.6 Å². The molecule has 0 unspecified atom stereocenters. The molecule has 1 aromatic carbocycles. The van der Waals surface area contributed by atoms with Gasteiger partial charge in [0.15, 0.2) is 0 Å². The number of carboxylic acids is 1. The predicted octanol–water partition coefficient (Wildman–Crippen LogP) is 2.48. The van der Waals surface area contributed by atoms with Gasteiger partial charge in [-0.05, 0) is 38.5 Å². The Hall–Kier alpha value is -2.24. The molecule has 1 aliphatic rings. The molecule has 0 aliphatic carbocycles. The molecule has 6 nitrogen and oxygen atoms in total. The molecule has 120 valence electrons. The fourth-order valence-electron chi connectivity index (χ4n) is 2.46. The van der Waals surface area contributed by atoms with Crippen LogP contribution in [0.15, 0.2) is 24.3 Å². The number of likely N-dealkylation sites (tertiary alicyclic amines) is 1. The largest absolute Gasteiger partial charge is 0.497 e. The van der Waals surface area contributed by atoms with Crippen LogP contribution < -0.4 is 4.74 Å². The van der Waals surface area contributed by atoms with Gasteiger partial charge in [0.25, 0.3) is 0 Å². The van der Waals surface area contributed by atoms with E-state index >= 15 is 0 Å². The molecule has 1 amide bonds. The van der Waals surface area contributed by atoms with Crippen molar-refractivity contribution in [1.29, 1.82) is 0 Å². The summed E-state index contributed by atoms with van der Waals surface area (Å²) < 4.78 is 10.3. The highest BCUT2D eigenvalue weighted by Gasteiger charge is 2.48. The third-order valence-corrected chi connectivity index (χ3v) is 3.54. The molecular formula is C16H21NO5. The van der Waals surface area contributed by atoms with Crippen LogP contribution in [0, 0.1) is 0 Å². The van der Waals surface area contributed by atoms with Gasteiger partial charge in [-0.2, -0.15) is 0 Å². The number of carboxylic acid groups (broad SMARTS) is 1. The van der Waals surface area contributed by atoms with Crippen LogP contribution in [0.3, 0.4) is 0 Å². The summed E-state index contributed by atoms with van der Waals surface area (Å²) in [6.45, 7) is 5.59. The summed E-state index contributed by atoms with van der Waals surface area (Å²) >= 11 is 0. The maximum absolute atomic E-state index is 12.1. The van der Waals surface area contributed by atoms with Crippen molar-refractivity contribution in [3.05, 3.63) is 29.8 Å². The fraction of sp³-hybridized carbons (Fsp3) is 0.500. The van der Waals surface area contributed by atoms with E-state index in [4.69, 9.17) is 9.47 Å². The molecule has 1 saturated heterocycles. The van der Waals surface area contributed by atoms with Crippen LogP contribution in [0.1, 0.15) is 32.3 Å². The van der Waals surface area contributed by atoms with E-state index in [0.717, 1.165) is 5.56 Å². The second-order valence-electron chi connectivity index (χ2n) is 6.30. The molecule has 22 heavy (non-hydrogen) atoms. The minimum absolute atomic E-state index is 0.240. The number of carbonyl (C=O) groups is 2. The molecule has 2 atom stereocenters. The van der Waals surface area contributed by atoms with Gasteiger partial charge in [-0.1, -0.05) is 12.1 Å². The highest BCUT2D eigenvalue weighted by atomic mass is 16.6. The van der Waals surface area contributed by atoms with Crippen molar-refractivity contribution in [3.8, 4) is 5.75 Å². The molecule has 1 aliphatic heterocycles. The Balaban J connectivity index is 2.12. The van der Waals surface area contributed by atoms with E-state index in [1.165, 1.54) is 4.90 Å². The van der Waals surface area contributed by atoms with E-state index < -0.39 is 23.7 Å². The zero-order valence-electron chi connectivity index (χ0n) is 13.2. The lowest BCUT2D eigenvalue weighted by Gasteiger charge is -2.45. The molecule has 1 N–H and O–H groups in total. The van der Waals surface area contributed by atoms with Gasteiger partial charge in [0.2, 0.25) is 0 Å². The fourth-order valence-corrected chi connectivity index (χ4v) is 2.46. The van der Waals surface area contributed by atoms with Crippen molar-refractivity contribution in [2.75, 3.05) is 13.7 Å². The summed E-state index contributed by atoms with van der Waals surface area (Å²) in [5, 5.41) is 9.41. The van der Waals surface area contributed by atoms with Crippen molar-refractivity contribution < 1.29 is 24.2 Å². The van der Waals surface area contributed by atoms with Crippen LogP contribution in [0.25, 0.3) is 0 Å². The average Bonchev–Trinajstić information content (AvgIpc) is 2.35. The molecule has 2 rings (SSSR count). The first kappa shape index (κ1) is 16.1. The first-order valence-corrected chi connectivity index (χ1v) is 7.09. The SMILES string of the molecule is COc1ccc([C@H]2CN(C(=O)OC(C)(C)C)[C@H]2C(=O)O)cc1. The van der Waals surface area contributed by atoms with Crippen molar-refractivity contribution in [2.45, 2.75) is 38.3 Å². The summed E-state index contributed by atoms with van der Waals surface area (Å²) in [5.74, 6) is -0.562. The summed E-state index contributed by atoms with van der Waals surface area (Å²) in [6, 6.07) is 6.32. The van der Waals surface area contributed by atoms with Gasteiger partial charge in [-0.25, -0.2) is 9.59 Å². The Morgan fingerprint density at radius 3 is 2.27 bits per heavy atom. The van der Waals surface area contributed by atoms with E-state index in [0.29, 0.717) is 12.3 Å². The number of benzene rings is 1. The number of rotatable bonds is 3. The second kappa shape index (κ2) is 5.87. The Morgan fingerprint density at radius 1 is 1.23 bits per heavy atom. The zero-order chi connectivity index (χ0) is 16.5. The Bertz CT molecular complexity index is 561. The number of ether oxygens (including phenoxy) is 2. The minimum Gasteiger partial charge on any atom is -0.497 e. The third kappa shape index (κ3) is 3.32. The molecule has 0 spiro atoms. The van der Waals surface area contributed by atoms with Crippen molar-refractivity contribution in [1.82, 2.24) is 4.90 Å². The van der Waals surface area contributed by atoms with Gasteiger partial charge >= 0.3 is 12.1 Å². The molecule has 1 heterocycles. The molecule has 0 radical (unpaired) electrons. The Morgan fingerprint density at radius 2 is 1.82 bits per heavy atom. The maximum atomic E-state index is 12.1. The third-order valence-electron chi connectivity index (χ3n) is 3.54. The van der Waals surface area contributed by atoms with E-state index in [-0.39, 0.29) is 5.92 Å². The number of carbonyl (C=O) groups excluding carboxylic acids is 1. The molecule has 6 heteroatoms. The maximum Gasteiger partial charge on any atom is 0.411 e. The molecule has 0 saturated carbocycles. The lowest BCUT2D eigenvalue weighted by Crippen LogP contribution is -2.61. The minimum atomic E-state index is -1.03. The normalized spacial score (nSPS) is 21.0. The first-order chi connectivity index (χ1) is 10.2. The molecule has 0 aromatic heterocycles. The summed E-state index contributed by atoms with van der Waals surface area (Å²) in [4.78, 5) is 24.8. The number of hydrogen-bond donors (Lipinski definition) is 1. The number of nitrogens with zero attached hydrogens (tertiary/aromatic N) is 1. The second-order valence-corrected chi connectivity index (χ2v) is 6.30. The van der Waals surface area contributed by atoms with E-state index in [1.54, 1.807) is 40.0 Å². The van der Waals surface area contributed by atoms with Crippen LogP contribution in [0.2, 0.25) is 0 Å². The van der Waals surface area contributed by atoms with Crippen LogP contribution in [-0.4, -0.2) is 47.4 Å². The number of aliphatic carboxylic acids is 1. The molecule has 1 aromatic rings. The monoisotopic (exact) mass is 307 g/mol. The van der Waals surface area contributed by atoms with Gasteiger partial charge in [-0.3, -0.25) is 4.90 Å². The standard InChI is InChI=1S/C16H21NO5/c1-16(2,3)22-15(20)17-9-12(13(17)14(18)19)10-5-7-11(21-4)8-6-10/h5-8,12-13H,9H2,1-4H3,(H,18,19)/t12-,13-/m1/s1. The quantitative estimate of drug-likeness (QED) is 0.928. The number of methoxy groups -OCH3 is 1. The Labute approximate surface area is 129 Å². The van der Waals surface area contributed by atoms with E-state index in [1.807, 2.05) is 12.1 Å².